The zero-order valence-electron chi connectivity index (χ0n) is 12.7. The van der Waals surface area contributed by atoms with E-state index in [-0.39, 0.29) is 5.97 Å². The van der Waals surface area contributed by atoms with Gasteiger partial charge in [0, 0.05) is 11.7 Å². The van der Waals surface area contributed by atoms with Gasteiger partial charge in [0.2, 0.25) is 0 Å². The van der Waals surface area contributed by atoms with Gasteiger partial charge in [-0.2, -0.15) is 0 Å². The molecule has 1 aromatic rings. The number of anilines is 1. The molecule has 3 nitrogen and oxygen atoms in total. The van der Waals surface area contributed by atoms with E-state index in [0.29, 0.717) is 17.5 Å². The largest absolute Gasteiger partial charge is 0.465 e. The van der Waals surface area contributed by atoms with Crippen LogP contribution in [0.4, 0.5) is 5.69 Å². The zero-order valence-corrected chi connectivity index (χ0v) is 12.7. The van der Waals surface area contributed by atoms with Crippen LogP contribution in [0.5, 0.6) is 0 Å². The Hall–Kier alpha value is -1.51. The number of benzene rings is 1. The standard InChI is InChI=1S/C17H25NO2/c1-12-9-10-16(15(11-12)17(19)20-3)18-13(2)14-7-5-4-6-8-14/h9-11,13-14,18H,4-8H2,1-3H3. The van der Waals surface area contributed by atoms with E-state index >= 15 is 0 Å². The molecular formula is C17H25NO2. The van der Waals surface area contributed by atoms with Crippen molar-refractivity contribution in [1.29, 1.82) is 0 Å². The molecule has 110 valence electrons. The summed E-state index contributed by atoms with van der Waals surface area (Å²) in [7, 11) is 1.43. The predicted octanol–water partition coefficient (Wildman–Crippen LogP) is 4.16. The second kappa shape index (κ2) is 6.78. The lowest BCUT2D eigenvalue weighted by atomic mass is 9.84. The van der Waals surface area contributed by atoms with E-state index in [0.717, 1.165) is 11.3 Å². The van der Waals surface area contributed by atoms with Crippen molar-refractivity contribution in [3.05, 3.63) is 29.3 Å². The minimum Gasteiger partial charge on any atom is -0.465 e. The van der Waals surface area contributed by atoms with E-state index in [1.807, 2.05) is 25.1 Å². The molecule has 1 unspecified atom stereocenters. The molecule has 1 aromatic carbocycles. The van der Waals surface area contributed by atoms with Crippen molar-refractivity contribution in [2.45, 2.75) is 52.0 Å². The number of ether oxygens (including phenoxy) is 1. The van der Waals surface area contributed by atoms with Gasteiger partial charge < -0.3 is 10.1 Å². The highest BCUT2D eigenvalue weighted by Crippen LogP contribution is 2.29. The van der Waals surface area contributed by atoms with E-state index < -0.39 is 0 Å². The van der Waals surface area contributed by atoms with E-state index in [4.69, 9.17) is 4.74 Å². The number of rotatable bonds is 4. The predicted molar refractivity (Wildman–Crippen MR) is 82.2 cm³/mol. The molecule has 0 bridgehead atoms. The summed E-state index contributed by atoms with van der Waals surface area (Å²) < 4.78 is 4.88. The van der Waals surface area contributed by atoms with Gasteiger partial charge in [0.05, 0.1) is 12.7 Å². The van der Waals surface area contributed by atoms with Crippen molar-refractivity contribution in [1.82, 2.24) is 0 Å². The van der Waals surface area contributed by atoms with Crippen LogP contribution in [-0.4, -0.2) is 19.1 Å². The Bertz CT molecular complexity index is 464. The van der Waals surface area contributed by atoms with Crippen molar-refractivity contribution >= 4 is 11.7 Å². The maximum absolute atomic E-state index is 11.9. The summed E-state index contributed by atoms with van der Waals surface area (Å²) >= 11 is 0. The minimum atomic E-state index is -0.271. The quantitative estimate of drug-likeness (QED) is 0.838. The van der Waals surface area contributed by atoms with E-state index in [1.54, 1.807) is 0 Å². The fraction of sp³-hybridized carbons (Fsp3) is 0.588. The highest BCUT2D eigenvalue weighted by molar-refractivity contribution is 5.95. The van der Waals surface area contributed by atoms with Crippen molar-refractivity contribution in [2.24, 2.45) is 5.92 Å². The maximum Gasteiger partial charge on any atom is 0.339 e. The molecule has 1 atom stereocenters. The third kappa shape index (κ3) is 3.53. The Morgan fingerprint density at radius 1 is 1.30 bits per heavy atom. The van der Waals surface area contributed by atoms with E-state index in [9.17, 15) is 4.79 Å². The van der Waals surface area contributed by atoms with Crippen LogP contribution in [0.2, 0.25) is 0 Å². The topological polar surface area (TPSA) is 38.3 Å². The Morgan fingerprint density at radius 2 is 2.00 bits per heavy atom. The molecule has 20 heavy (non-hydrogen) atoms. The first kappa shape index (κ1) is 14.9. The summed E-state index contributed by atoms with van der Waals surface area (Å²) in [5.74, 6) is 0.433. The third-order valence-corrected chi connectivity index (χ3v) is 4.32. The molecule has 0 amide bonds. The number of carbonyl (C=O) groups is 1. The number of aryl methyl sites for hydroxylation is 1. The summed E-state index contributed by atoms with van der Waals surface area (Å²) in [6, 6.07) is 6.30. The summed E-state index contributed by atoms with van der Waals surface area (Å²) in [6.45, 7) is 4.21. The molecule has 0 heterocycles. The Morgan fingerprint density at radius 3 is 2.65 bits per heavy atom. The fourth-order valence-corrected chi connectivity index (χ4v) is 3.06. The van der Waals surface area contributed by atoms with Crippen LogP contribution >= 0.6 is 0 Å². The normalized spacial score (nSPS) is 17.6. The van der Waals surface area contributed by atoms with Crippen LogP contribution in [0.15, 0.2) is 18.2 Å². The highest BCUT2D eigenvalue weighted by atomic mass is 16.5. The first-order valence-corrected chi connectivity index (χ1v) is 7.57. The van der Waals surface area contributed by atoms with Gasteiger partial charge in [-0.1, -0.05) is 30.9 Å². The van der Waals surface area contributed by atoms with Crippen LogP contribution in [0.25, 0.3) is 0 Å². The van der Waals surface area contributed by atoms with Crippen LogP contribution in [-0.2, 0) is 4.74 Å². The molecule has 1 saturated carbocycles. The zero-order chi connectivity index (χ0) is 14.5. The van der Waals surface area contributed by atoms with Crippen LogP contribution in [0, 0.1) is 12.8 Å². The van der Waals surface area contributed by atoms with Gasteiger partial charge in [0.25, 0.3) is 0 Å². The van der Waals surface area contributed by atoms with Gasteiger partial charge in [-0.15, -0.1) is 0 Å². The van der Waals surface area contributed by atoms with Crippen molar-refractivity contribution in [3.63, 3.8) is 0 Å². The van der Waals surface area contributed by atoms with E-state index in [1.165, 1.54) is 39.2 Å². The monoisotopic (exact) mass is 275 g/mol. The number of hydrogen-bond acceptors (Lipinski definition) is 3. The van der Waals surface area contributed by atoms with Crippen molar-refractivity contribution < 1.29 is 9.53 Å². The Balaban J connectivity index is 2.13. The molecule has 1 fully saturated rings. The van der Waals surface area contributed by atoms with Crippen LogP contribution in [0.1, 0.15) is 54.9 Å². The first-order valence-electron chi connectivity index (χ1n) is 7.57. The van der Waals surface area contributed by atoms with Gasteiger partial charge in [0.15, 0.2) is 0 Å². The summed E-state index contributed by atoms with van der Waals surface area (Å²) in [5.41, 5.74) is 2.59. The number of methoxy groups -OCH3 is 1. The van der Waals surface area contributed by atoms with Gasteiger partial charge >= 0.3 is 5.97 Å². The van der Waals surface area contributed by atoms with Crippen molar-refractivity contribution in [2.75, 3.05) is 12.4 Å². The van der Waals surface area contributed by atoms with Crippen LogP contribution < -0.4 is 5.32 Å². The smallest absolute Gasteiger partial charge is 0.339 e. The lowest BCUT2D eigenvalue weighted by Gasteiger charge is -2.29. The van der Waals surface area contributed by atoms with E-state index in [2.05, 4.69) is 12.2 Å². The molecule has 1 N–H and O–H groups in total. The Kier molecular flexibility index (Phi) is 5.05. The number of esters is 1. The third-order valence-electron chi connectivity index (χ3n) is 4.32. The van der Waals surface area contributed by atoms with Gasteiger partial charge in [-0.05, 0) is 44.7 Å². The number of carbonyl (C=O) groups excluding carboxylic acids is 1. The lowest BCUT2D eigenvalue weighted by Crippen LogP contribution is -2.28. The Labute approximate surface area is 121 Å². The number of nitrogens with one attached hydrogen (secondary N) is 1. The molecule has 0 saturated heterocycles. The summed E-state index contributed by atoms with van der Waals surface area (Å²) in [6.07, 6.45) is 6.59. The number of hydrogen-bond donors (Lipinski definition) is 1. The van der Waals surface area contributed by atoms with Crippen LogP contribution in [0.3, 0.4) is 0 Å². The highest BCUT2D eigenvalue weighted by Gasteiger charge is 2.21. The second-order valence-corrected chi connectivity index (χ2v) is 5.87. The molecule has 0 aliphatic heterocycles. The molecule has 0 spiro atoms. The van der Waals surface area contributed by atoms with Gasteiger partial charge in [0.1, 0.15) is 0 Å². The molecule has 2 rings (SSSR count). The molecule has 0 aromatic heterocycles. The molecule has 3 heteroatoms. The molecule has 1 aliphatic rings. The molecular weight excluding hydrogens is 250 g/mol. The summed E-state index contributed by atoms with van der Waals surface area (Å²) in [5, 5.41) is 3.52. The SMILES string of the molecule is COC(=O)c1cc(C)ccc1NC(C)C1CCCCC1. The second-order valence-electron chi connectivity index (χ2n) is 5.87. The van der Waals surface area contributed by atoms with Gasteiger partial charge in [-0.3, -0.25) is 0 Å². The minimum absolute atomic E-state index is 0.271. The molecule has 0 radical (unpaired) electrons. The lowest BCUT2D eigenvalue weighted by molar-refractivity contribution is 0.0601. The average molecular weight is 275 g/mol. The first-order chi connectivity index (χ1) is 9.61. The molecule has 1 aliphatic carbocycles. The van der Waals surface area contributed by atoms with Gasteiger partial charge in [-0.25, -0.2) is 4.79 Å². The average Bonchev–Trinajstić information content (AvgIpc) is 2.49. The maximum atomic E-state index is 11.9. The van der Waals surface area contributed by atoms with Crippen molar-refractivity contribution in [3.8, 4) is 0 Å². The fourth-order valence-electron chi connectivity index (χ4n) is 3.06. The summed E-state index contributed by atoms with van der Waals surface area (Å²) in [4.78, 5) is 11.9.